The van der Waals surface area contributed by atoms with Gasteiger partial charge in [-0.3, -0.25) is 0 Å². The summed E-state index contributed by atoms with van der Waals surface area (Å²) in [6.45, 7) is 17.7. The number of terminal acetylenes is 1. The molecule has 0 aliphatic heterocycles. The molecule has 1 aromatic rings. The van der Waals surface area contributed by atoms with Crippen LogP contribution in [-0.2, 0) is 0 Å². The molecule has 1 heteroatoms. The second-order valence-electron chi connectivity index (χ2n) is 10.4. The van der Waals surface area contributed by atoms with E-state index in [1.165, 1.54) is 44.9 Å². The first-order valence-corrected chi connectivity index (χ1v) is 12.2. The lowest BCUT2D eigenvalue weighted by molar-refractivity contribution is 0.134. The molecule has 0 amide bonds. The van der Waals surface area contributed by atoms with Crippen LogP contribution in [0.1, 0.15) is 109 Å². The summed E-state index contributed by atoms with van der Waals surface area (Å²) in [4.78, 5) is 0. The number of aryl methyl sites for hydroxylation is 2. The van der Waals surface area contributed by atoms with Gasteiger partial charge in [-0.15, -0.1) is 6.42 Å². The Hall–Kier alpha value is -1.42. The summed E-state index contributed by atoms with van der Waals surface area (Å²) in [7, 11) is 0. The minimum atomic E-state index is -0.546. The van der Waals surface area contributed by atoms with Gasteiger partial charge in [0.1, 0.15) is 5.75 Å². The van der Waals surface area contributed by atoms with Crippen LogP contribution in [0.2, 0.25) is 0 Å². The molecule has 3 atom stereocenters. The van der Waals surface area contributed by atoms with Crippen molar-refractivity contribution in [2.75, 3.05) is 0 Å². The van der Waals surface area contributed by atoms with Gasteiger partial charge < -0.3 is 4.74 Å². The minimum Gasteiger partial charge on any atom is -0.475 e. The molecule has 0 saturated carbocycles. The molecule has 0 aliphatic rings. The molecule has 30 heavy (non-hydrogen) atoms. The third kappa shape index (κ3) is 10.1. The van der Waals surface area contributed by atoms with E-state index in [1.807, 2.05) is 0 Å². The van der Waals surface area contributed by atoms with Crippen molar-refractivity contribution in [2.24, 2.45) is 17.8 Å². The van der Waals surface area contributed by atoms with E-state index in [-0.39, 0.29) is 0 Å². The van der Waals surface area contributed by atoms with E-state index in [4.69, 9.17) is 11.2 Å². The highest BCUT2D eigenvalue weighted by molar-refractivity contribution is 5.42. The van der Waals surface area contributed by atoms with Crippen LogP contribution in [0.5, 0.6) is 5.75 Å². The molecule has 0 spiro atoms. The Bertz CT molecular complexity index is 666. The van der Waals surface area contributed by atoms with Crippen LogP contribution < -0.4 is 4.74 Å². The molecular weight excluding hydrogens is 364 g/mol. The first-order valence-electron chi connectivity index (χ1n) is 12.2. The second-order valence-corrected chi connectivity index (χ2v) is 10.4. The predicted molar refractivity (Wildman–Crippen MR) is 132 cm³/mol. The van der Waals surface area contributed by atoms with Gasteiger partial charge in [0.15, 0.2) is 5.60 Å². The van der Waals surface area contributed by atoms with Crippen LogP contribution in [-0.4, -0.2) is 5.60 Å². The van der Waals surface area contributed by atoms with Crippen molar-refractivity contribution < 1.29 is 4.74 Å². The molecule has 169 valence electrons. The van der Waals surface area contributed by atoms with Crippen LogP contribution in [0.4, 0.5) is 0 Å². The first kappa shape index (κ1) is 26.6. The van der Waals surface area contributed by atoms with Gasteiger partial charge in [0, 0.05) is 0 Å². The maximum absolute atomic E-state index is 6.34. The summed E-state index contributed by atoms with van der Waals surface area (Å²) in [6, 6.07) is 5.41. The molecule has 1 radical (unpaired) electrons. The van der Waals surface area contributed by atoms with Crippen LogP contribution in [0.25, 0.3) is 0 Å². The fourth-order valence-corrected chi connectivity index (χ4v) is 4.18. The topological polar surface area (TPSA) is 9.23 Å². The van der Waals surface area contributed by atoms with Gasteiger partial charge in [-0.1, -0.05) is 78.6 Å². The third-order valence-corrected chi connectivity index (χ3v) is 6.53. The number of benzene rings is 1. The molecule has 0 aromatic heterocycles. The summed E-state index contributed by atoms with van der Waals surface area (Å²) in [6.07, 6.45) is 17.3. The van der Waals surface area contributed by atoms with Gasteiger partial charge >= 0.3 is 0 Å². The van der Waals surface area contributed by atoms with Gasteiger partial charge in [0.2, 0.25) is 0 Å². The fourth-order valence-electron chi connectivity index (χ4n) is 4.18. The summed E-state index contributed by atoms with van der Waals surface area (Å²) < 4.78 is 6.34. The molecule has 0 unspecified atom stereocenters. The van der Waals surface area contributed by atoms with Crippen molar-refractivity contribution in [3.8, 4) is 18.1 Å². The van der Waals surface area contributed by atoms with Gasteiger partial charge in [0.05, 0.1) is 0 Å². The smallest absolute Gasteiger partial charge is 0.166 e. The molecule has 0 aliphatic carbocycles. The Labute approximate surface area is 188 Å². The van der Waals surface area contributed by atoms with Gasteiger partial charge in [0.25, 0.3) is 0 Å². The molecule has 0 fully saturated rings. The summed E-state index contributed by atoms with van der Waals surface area (Å²) in [5.74, 6) is 6.29. The van der Waals surface area contributed by atoms with Crippen molar-refractivity contribution in [2.45, 2.75) is 119 Å². The molecule has 0 bridgehead atoms. The second kappa shape index (κ2) is 13.1. The lowest BCUT2D eigenvalue weighted by Gasteiger charge is -2.27. The van der Waals surface area contributed by atoms with E-state index in [1.54, 1.807) is 0 Å². The third-order valence-electron chi connectivity index (χ3n) is 6.53. The highest BCUT2D eigenvalue weighted by Crippen LogP contribution is 2.30. The number of rotatable bonds is 14. The van der Waals surface area contributed by atoms with Gasteiger partial charge in [-0.05, 0) is 87.1 Å². The molecule has 1 aromatic carbocycles. The molecular formula is C29H47O. The summed E-state index contributed by atoms with van der Waals surface area (Å²) in [5.41, 5.74) is 2.82. The Kier molecular flexibility index (Phi) is 11.6. The van der Waals surface area contributed by atoms with E-state index in [0.717, 1.165) is 53.0 Å². The Morgan fingerprint density at radius 3 is 2.00 bits per heavy atom. The van der Waals surface area contributed by atoms with E-state index >= 15 is 0 Å². The summed E-state index contributed by atoms with van der Waals surface area (Å²) in [5, 5.41) is 0. The van der Waals surface area contributed by atoms with Gasteiger partial charge in [-0.2, -0.15) is 0 Å². The Balaban J connectivity index is 2.37. The van der Waals surface area contributed by atoms with Crippen molar-refractivity contribution in [1.29, 1.82) is 0 Å². The van der Waals surface area contributed by atoms with E-state index in [0.29, 0.717) is 0 Å². The molecule has 1 nitrogen and oxygen atoms in total. The SMILES string of the molecule is C#C[C@@](C)(CCC[C@H](C)CCC[C@H](C)CCCC(C)C)Oc1cc(C)[c]c(C)c1C. The molecule has 1 rings (SSSR count). The highest BCUT2D eigenvalue weighted by Gasteiger charge is 2.24. The summed E-state index contributed by atoms with van der Waals surface area (Å²) >= 11 is 0. The monoisotopic (exact) mass is 411 g/mol. The zero-order valence-corrected chi connectivity index (χ0v) is 21.2. The van der Waals surface area contributed by atoms with E-state index in [2.05, 4.69) is 73.4 Å². The van der Waals surface area contributed by atoms with Crippen LogP contribution in [0.15, 0.2) is 6.07 Å². The zero-order chi connectivity index (χ0) is 22.7. The highest BCUT2D eigenvalue weighted by atomic mass is 16.5. The predicted octanol–water partition coefficient (Wildman–Crippen LogP) is 8.62. The average molecular weight is 412 g/mol. The largest absolute Gasteiger partial charge is 0.475 e. The maximum atomic E-state index is 6.34. The van der Waals surface area contributed by atoms with Crippen LogP contribution >= 0.6 is 0 Å². The van der Waals surface area contributed by atoms with Crippen molar-refractivity contribution in [3.63, 3.8) is 0 Å². The first-order chi connectivity index (χ1) is 14.1. The van der Waals surface area contributed by atoms with E-state index < -0.39 is 5.60 Å². The minimum absolute atomic E-state index is 0.546. The van der Waals surface area contributed by atoms with E-state index in [9.17, 15) is 0 Å². The van der Waals surface area contributed by atoms with Gasteiger partial charge in [-0.25, -0.2) is 0 Å². The standard InChI is InChI=1S/C29H47O/c1-10-29(9,30-28-21-25(6)20-26(7)27(28)8)19-13-18-24(5)17-12-16-23(4)15-11-14-22(2)3/h1,21-24H,11-19H2,2-9H3/t23-,24-,29+/m1/s1. The quantitative estimate of drug-likeness (QED) is 0.278. The molecule has 0 heterocycles. The number of hydrogen-bond donors (Lipinski definition) is 0. The normalized spacial score (nSPS) is 15.5. The molecule has 0 saturated heterocycles. The van der Waals surface area contributed by atoms with Crippen molar-refractivity contribution in [1.82, 2.24) is 0 Å². The lowest BCUT2D eigenvalue weighted by atomic mass is 9.90. The lowest BCUT2D eigenvalue weighted by Crippen LogP contribution is -2.31. The van der Waals surface area contributed by atoms with Crippen LogP contribution in [0, 0.1) is 56.9 Å². The number of ether oxygens (including phenoxy) is 1. The van der Waals surface area contributed by atoms with Crippen molar-refractivity contribution in [3.05, 3.63) is 28.8 Å². The average Bonchev–Trinajstić information content (AvgIpc) is 2.65. The Morgan fingerprint density at radius 1 is 0.933 bits per heavy atom. The van der Waals surface area contributed by atoms with Crippen LogP contribution in [0.3, 0.4) is 0 Å². The number of hydrogen-bond acceptors (Lipinski definition) is 1. The Morgan fingerprint density at radius 2 is 1.47 bits per heavy atom. The molecule has 0 N–H and O–H groups in total. The fraction of sp³-hybridized carbons (Fsp3) is 0.724. The zero-order valence-electron chi connectivity index (χ0n) is 21.2. The maximum Gasteiger partial charge on any atom is 0.166 e. The van der Waals surface area contributed by atoms with Crippen molar-refractivity contribution >= 4 is 0 Å².